The molecule has 1 rings (SSSR count). The van der Waals surface area contributed by atoms with Crippen molar-refractivity contribution in [2.24, 2.45) is 0 Å². The summed E-state index contributed by atoms with van der Waals surface area (Å²) in [5.41, 5.74) is 0.705. The molecule has 0 atom stereocenters. The van der Waals surface area contributed by atoms with Gasteiger partial charge in [-0.2, -0.15) is 0 Å². The molecule has 0 aliphatic carbocycles. The lowest BCUT2D eigenvalue weighted by atomic mass is 10.1. The Morgan fingerprint density at radius 2 is 1.89 bits per heavy atom. The van der Waals surface area contributed by atoms with E-state index >= 15 is 0 Å². The molecule has 3 N–H and O–H groups in total. The van der Waals surface area contributed by atoms with Gasteiger partial charge in [0.2, 0.25) is 5.91 Å². The number of aliphatic carboxylic acids is 1. The zero-order chi connectivity index (χ0) is 14.4. The summed E-state index contributed by atoms with van der Waals surface area (Å²) in [7, 11) is 0. The molecule has 0 bridgehead atoms. The highest BCUT2D eigenvalue weighted by Gasteiger charge is 2.11. The zero-order valence-corrected chi connectivity index (χ0v) is 10.2. The van der Waals surface area contributed by atoms with Gasteiger partial charge in [-0.05, 0) is 30.7 Å². The number of nitrogens with one attached hydrogen (secondary N) is 2. The number of carbonyl (C=O) groups excluding carboxylic acids is 2. The monoisotopic (exact) mass is 268 g/mol. The highest BCUT2D eigenvalue weighted by molar-refractivity contribution is 5.97. The van der Waals surface area contributed by atoms with E-state index in [4.69, 9.17) is 5.11 Å². The number of carbonyl (C=O) groups is 3. The molecule has 1 aromatic rings. The summed E-state index contributed by atoms with van der Waals surface area (Å²) in [6.45, 7) is 0.718. The van der Waals surface area contributed by atoms with Crippen molar-refractivity contribution in [2.75, 3.05) is 13.1 Å². The second kappa shape index (κ2) is 6.48. The minimum Gasteiger partial charge on any atom is -0.480 e. The fourth-order valence-electron chi connectivity index (χ4n) is 1.37. The summed E-state index contributed by atoms with van der Waals surface area (Å²) < 4.78 is 12.8. The van der Waals surface area contributed by atoms with Crippen LogP contribution in [-0.4, -0.2) is 36.0 Å². The van der Waals surface area contributed by atoms with E-state index in [1.807, 2.05) is 0 Å². The zero-order valence-electron chi connectivity index (χ0n) is 10.2. The normalized spacial score (nSPS) is 9.79. The van der Waals surface area contributed by atoms with Crippen molar-refractivity contribution in [1.82, 2.24) is 10.6 Å². The van der Waals surface area contributed by atoms with Gasteiger partial charge in [0.25, 0.3) is 5.91 Å². The summed E-state index contributed by atoms with van der Waals surface area (Å²) in [6, 6.07) is 3.67. The molecule has 0 radical (unpaired) electrons. The molecule has 0 aromatic heterocycles. The maximum atomic E-state index is 12.8. The van der Waals surface area contributed by atoms with Crippen LogP contribution in [0.25, 0.3) is 0 Å². The van der Waals surface area contributed by atoms with E-state index in [1.165, 1.54) is 12.1 Å². The maximum Gasteiger partial charge on any atom is 0.322 e. The van der Waals surface area contributed by atoms with Crippen LogP contribution in [0.5, 0.6) is 0 Å². The van der Waals surface area contributed by atoms with Crippen molar-refractivity contribution in [3.8, 4) is 0 Å². The summed E-state index contributed by atoms with van der Waals surface area (Å²) in [5.74, 6) is -2.76. The first-order chi connectivity index (χ1) is 8.90. The molecule has 7 heteroatoms. The van der Waals surface area contributed by atoms with Crippen molar-refractivity contribution < 1.29 is 23.9 Å². The molecule has 0 heterocycles. The molecule has 0 unspecified atom stereocenters. The lowest BCUT2D eigenvalue weighted by molar-refractivity contribution is -0.137. The lowest BCUT2D eigenvalue weighted by Crippen LogP contribution is -2.39. The van der Waals surface area contributed by atoms with Crippen LogP contribution < -0.4 is 10.6 Å². The van der Waals surface area contributed by atoms with E-state index in [0.717, 1.165) is 6.07 Å². The SMILES string of the molecule is Cc1cc(F)ccc1C(=O)NCC(=O)NCC(=O)O. The number of carboxylic acid groups (broad SMARTS) is 1. The van der Waals surface area contributed by atoms with Gasteiger partial charge in [0.1, 0.15) is 12.4 Å². The van der Waals surface area contributed by atoms with Gasteiger partial charge in [-0.1, -0.05) is 0 Å². The average Bonchev–Trinajstić information content (AvgIpc) is 2.33. The third-order valence-electron chi connectivity index (χ3n) is 2.28. The first-order valence-electron chi connectivity index (χ1n) is 5.43. The number of aryl methyl sites for hydroxylation is 1. The topological polar surface area (TPSA) is 95.5 Å². The lowest BCUT2D eigenvalue weighted by Gasteiger charge is -2.07. The average molecular weight is 268 g/mol. The number of carboxylic acids is 1. The fourth-order valence-corrected chi connectivity index (χ4v) is 1.37. The minimum absolute atomic E-state index is 0.257. The largest absolute Gasteiger partial charge is 0.480 e. The molecule has 0 aliphatic heterocycles. The predicted molar refractivity (Wildman–Crippen MR) is 64.1 cm³/mol. The van der Waals surface area contributed by atoms with Gasteiger partial charge in [-0.15, -0.1) is 0 Å². The van der Waals surface area contributed by atoms with Gasteiger partial charge in [-0.3, -0.25) is 14.4 Å². The summed E-state index contributed by atoms with van der Waals surface area (Å²) in [4.78, 5) is 33.1. The van der Waals surface area contributed by atoms with E-state index in [2.05, 4.69) is 10.6 Å². The van der Waals surface area contributed by atoms with Crippen LogP contribution in [0.4, 0.5) is 4.39 Å². The molecular weight excluding hydrogens is 255 g/mol. The Morgan fingerprint density at radius 1 is 1.21 bits per heavy atom. The molecule has 19 heavy (non-hydrogen) atoms. The predicted octanol–water partition coefficient (Wildman–Crippen LogP) is 0.0647. The number of halogens is 1. The number of hydrogen-bond donors (Lipinski definition) is 3. The van der Waals surface area contributed by atoms with Crippen LogP contribution in [-0.2, 0) is 9.59 Å². The Hall–Kier alpha value is -2.44. The van der Waals surface area contributed by atoms with E-state index < -0.39 is 30.1 Å². The molecule has 0 saturated carbocycles. The van der Waals surface area contributed by atoms with Gasteiger partial charge in [-0.25, -0.2) is 4.39 Å². The van der Waals surface area contributed by atoms with Crippen molar-refractivity contribution in [1.29, 1.82) is 0 Å². The van der Waals surface area contributed by atoms with Crippen LogP contribution in [0.15, 0.2) is 18.2 Å². The van der Waals surface area contributed by atoms with Crippen LogP contribution in [0.2, 0.25) is 0 Å². The van der Waals surface area contributed by atoms with Crippen LogP contribution >= 0.6 is 0 Å². The Bertz CT molecular complexity index is 516. The Balaban J connectivity index is 2.51. The number of benzene rings is 1. The van der Waals surface area contributed by atoms with Crippen molar-refractivity contribution in [2.45, 2.75) is 6.92 Å². The van der Waals surface area contributed by atoms with Crippen molar-refractivity contribution in [3.05, 3.63) is 35.1 Å². The highest BCUT2D eigenvalue weighted by Crippen LogP contribution is 2.09. The second-order valence-electron chi connectivity index (χ2n) is 3.81. The maximum absolute atomic E-state index is 12.8. The van der Waals surface area contributed by atoms with Gasteiger partial charge in [0.15, 0.2) is 0 Å². The van der Waals surface area contributed by atoms with Crippen molar-refractivity contribution in [3.63, 3.8) is 0 Å². The quantitative estimate of drug-likeness (QED) is 0.704. The van der Waals surface area contributed by atoms with E-state index in [9.17, 15) is 18.8 Å². The molecule has 2 amide bonds. The van der Waals surface area contributed by atoms with E-state index in [0.29, 0.717) is 5.56 Å². The van der Waals surface area contributed by atoms with Gasteiger partial charge < -0.3 is 15.7 Å². The van der Waals surface area contributed by atoms with Crippen LogP contribution in [0, 0.1) is 12.7 Å². The smallest absolute Gasteiger partial charge is 0.322 e. The van der Waals surface area contributed by atoms with Crippen LogP contribution in [0.3, 0.4) is 0 Å². The third kappa shape index (κ3) is 4.74. The Kier molecular flexibility index (Phi) is 4.99. The summed E-state index contributed by atoms with van der Waals surface area (Å²) in [6.07, 6.45) is 0. The van der Waals surface area contributed by atoms with Crippen LogP contribution in [0.1, 0.15) is 15.9 Å². The standard InChI is InChI=1S/C12H13FN2O4/c1-7-4-8(13)2-3-9(7)12(19)15-5-10(16)14-6-11(17)18/h2-4H,5-6H2,1H3,(H,14,16)(H,15,19)(H,17,18). The van der Waals surface area contributed by atoms with Gasteiger partial charge in [0.05, 0.1) is 6.54 Å². The Morgan fingerprint density at radius 3 is 2.47 bits per heavy atom. The summed E-state index contributed by atoms with van der Waals surface area (Å²) >= 11 is 0. The molecule has 102 valence electrons. The minimum atomic E-state index is -1.17. The van der Waals surface area contributed by atoms with Gasteiger partial charge >= 0.3 is 5.97 Å². The highest BCUT2D eigenvalue weighted by atomic mass is 19.1. The van der Waals surface area contributed by atoms with Gasteiger partial charge in [0, 0.05) is 5.56 Å². The molecule has 0 fully saturated rings. The Labute approximate surface area is 108 Å². The molecule has 1 aromatic carbocycles. The van der Waals surface area contributed by atoms with E-state index in [-0.39, 0.29) is 12.1 Å². The summed E-state index contributed by atoms with van der Waals surface area (Å²) in [5, 5.41) is 12.8. The first-order valence-corrected chi connectivity index (χ1v) is 5.43. The number of amides is 2. The first kappa shape index (κ1) is 14.6. The molecule has 0 saturated heterocycles. The second-order valence-corrected chi connectivity index (χ2v) is 3.81. The van der Waals surface area contributed by atoms with E-state index in [1.54, 1.807) is 6.92 Å². The number of rotatable bonds is 5. The fraction of sp³-hybridized carbons (Fsp3) is 0.250. The molecule has 0 spiro atoms. The third-order valence-corrected chi connectivity index (χ3v) is 2.28. The van der Waals surface area contributed by atoms with Crippen molar-refractivity contribution >= 4 is 17.8 Å². The molecule has 0 aliphatic rings. The molecule has 6 nitrogen and oxygen atoms in total. The molecular formula is C12H13FN2O4. The number of hydrogen-bond acceptors (Lipinski definition) is 3.